The number of carbonyl (C=O) groups is 1. The van der Waals surface area contributed by atoms with E-state index in [1.807, 2.05) is 31.2 Å². The summed E-state index contributed by atoms with van der Waals surface area (Å²) in [5.41, 5.74) is 0.975. The molecule has 0 saturated heterocycles. The van der Waals surface area contributed by atoms with Crippen molar-refractivity contribution in [1.29, 1.82) is 0 Å². The van der Waals surface area contributed by atoms with Gasteiger partial charge in [-0.3, -0.25) is 4.79 Å². The van der Waals surface area contributed by atoms with Crippen molar-refractivity contribution in [2.45, 2.75) is 37.4 Å². The summed E-state index contributed by atoms with van der Waals surface area (Å²) in [5, 5.41) is 2.82. The molecule has 0 aliphatic rings. The second-order valence-electron chi connectivity index (χ2n) is 6.01. The molecule has 28 heavy (non-hydrogen) atoms. The van der Waals surface area contributed by atoms with E-state index in [9.17, 15) is 18.0 Å². The second kappa shape index (κ2) is 8.36. The highest BCUT2D eigenvalue weighted by atomic mass is 32.2. The Morgan fingerprint density at radius 3 is 2.50 bits per heavy atom. The predicted molar refractivity (Wildman–Crippen MR) is 104 cm³/mol. The molecular weight excluding hydrogens is 409 g/mol. The number of anilines is 1. The highest BCUT2D eigenvalue weighted by molar-refractivity contribution is 7.98. The van der Waals surface area contributed by atoms with Crippen LogP contribution in [0.3, 0.4) is 0 Å². The topological polar surface area (TPSA) is 70.7 Å². The Hall–Kier alpha value is -2.33. The molecule has 0 radical (unpaired) electrons. The Morgan fingerprint density at radius 2 is 1.93 bits per heavy atom. The first-order valence-corrected chi connectivity index (χ1v) is 10.1. The zero-order valence-corrected chi connectivity index (χ0v) is 16.7. The van der Waals surface area contributed by atoms with Crippen molar-refractivity contribution in [1.82, 2.24) is 14.3 Å². The number of carbonyl (C=O) groups excluding carboxylic acids is 1. The summed E-state index contributed by atoms with van der Waals surface area (Å²) in [5.74, 6) is -0.490. The highest BCUT2D eigenvalue weighted by Crippen LogP contribution is 2.33. The number of halogens is 3. The number of hydrogen-bond acceptors (Lipinski definition) is 5. The van der Waals surface area contributed by atoms with Crippen LogP contribution in [-0.4, -0.2) is 20.2 Å². The van der Waals surface area contributed by atoms with Gasteiger partial charge in [0.15, 0.2) is 16.5 Å². The van der Waals surface area contributed by atoms with Gasteiger partial charge in [0.1, 0.15) is 5.00 Å². The number of H-pyrrole nitrogens is 1. The van der Waals surface area contributed by atoms with Crippen LogP contribution < -0.4 is 5.32 Å². The van der Waals surface area contributed by atoms with Crippen LogP contribution in [0.2, 0.25) is 0 Å². The van der Waals surface area contributed by atoms with Gasteiger partial charge in [0.2, 0.25) is 0 Å². The first kappa shape index (κ1) is 20.4. The number of aromatic amines is 1. The molecule has 10 heteroatoms. The number of imidazole rings is 1. The van der Waals surface area contributed by atoms with Crippen LogP contribution in [-0.2, 0) is 18.3 Å². The van der Waals surface area contributed by atoms with Gasteiger partial charge in [-0.2, -0.15) is 17.5 Å². The molecule has 0 bridgehead atoms. The van der Waals surface area contributed by atoms with Gasteiger partial charge in [0.05, 0.1) is 5.69 Å². The third-order valence-corrected chi connectivity index (χ3v) is 5.59. The van der Waals surface area contributed by atoms with Gasteiger partial charge in [-0.1, -0.05) is 43.0 Å². The molecule has 2 heterocycles. The molecule has 0 unspecified atom stereocenters. The monoisotopic (exact) mass is 426 g/mol. The average Bonchev–Trinajstić information content (AvgIpc) is 3.26. The van der Waals surface area contributed by atoms with Crippen LogP contribution in [0.1, 0.15) is 39.9 Å². The minimum Gasteiger partial charge on any atom is -0.329 e. The average molecular weight is 426 g/mol. The predicted octanol–water partition coefficient (Wildman–Crippen LogP) is 5.30. The molecule has 2 aromatic heterocycles. The van der Waals surface area contributed by atoms with Crippen molar-refractivity contribution in [3.05, 3.63) is 58.5 Å². The minimum atomic E-state index is -4.72. The maximum Gasteiger partial charge on any atom is 0.433 e. The van der Waals surface area contributed by atoms with Crippen molar-refractivity contribution < 1.29 is 18.0 Å². The molecule has 3 rings (SSSR count). The number of hydrogen-bond donors (Lipinski definition) is 2. The third-order valence-electron chi connectivity index (χ3n) is 3.85. The number of thioether (sulfide) groups is 1. The zero-order chi connectivity index (χ0) is 20.3. The SMILES string of the molecule is CCc1ccc(CSc2nc(C(=O)Nc3cc(C)ns3)c(C(F)(F)F)[nH]2)cc1. The summed E-state index contributed by atoms with van der Waals surface area (Å²) in [7, 11) is 0. The Morgan fingerprint density at radius 1 is 1.25 bits per heavy atom. The molecule has 1 amide bonds. The van der Waals surface area contributed by atoms with Crippen LogP contribution >= 0.6 is 23.3 Å². The Labute approximate surface area is 167 Å². The summed E-state index contributed by atoms with van der Waals surface area (Å²) in [4.78, 5) is 18.5. The third kappa shape index (κ3) is 4.93. The van der Waals surface area contributed by atoms with Crippen molar-refractivity contribution in [3.8, 4) is 0 Å². The highest BCUT2D eigenvalue weighted by Gasteiger charge is 2.39. The number of benzene rings is 1. The number of nitrogens with one attached hydrogen (secondary N) is 2. The lowest BCUT2D eigenvalue weighted by Crippen LogP contribution is -2.18. The smallest absolute Gasteiger partial charge is 0.329 e. The van der Waals surface area contributed by atoms with E-state index in [0.717, 1.165) is 35.3 Å². The van der Waals surface area contributed by atoms with E-state index in [0.29, 0.717) is 16.4 Å². The first-order chi connectivity index (χ1) is 13.3. The molecule has 0 aliphatic carbocycles. The Kier molecular flexibility index (Phi) is 6.09. The van der Waals surface area contributed by atoms with Crippen molar-refractivity contribution >= 4 is 34.2 Å². The van der Waals surface area contributed by atoms with Crippen LogP contribution in [0.25, 0.3) is 0 Å². The van der Waals surface area contributed by atoms with Gasteiger partial charge in [-0.25, -0.2) is 4.98 Å². The van der Waals surface area contributed by atoms with Crippen LogP contribution in [0.15, 0.2) is 35.5 Å². The van der Waals surface area contributed by atoms with E-state index in [1.165, 1.54) is 5.56 Å². The molecule has 0 atom stereocenters. The van der Waals surface area contributed by atoms with E-state index in [2.05, 4.69) is 19.7 Å². The summed E-state index contributed by atoms with van der Waals surface area (Å²) in [6.07, 6.45) is -3.80. The lowest BCUT2D eigenvalue weighted by Gasteiger charge is -2.06. The van der Waals surface area contributed by atoms with Gasteiger partial charge in [0.25, 0.3) is 5.91 Å². The maximum atomic E-state index is 13.3. The number of amides is 1. The summed E-state index contributed by atoms with van der Waals surface area (Å²) in [6, 6.07) is 9.40. The standard InChI is InChI=1S/C18H17F3N4OS2/c1-3-11-4-6-12(7-5-11)9-27-17-23-14(15(24-17)18(19,20)21)16(26)22-13-8-10(2)25-28-13/h4-8H,3,9H2,1-2H3,(H,22,26)(H,23,24). The quantitative estimate of drug-likeness (QED) is 0.525. The van der Waals surface area contributed by atoms with Gasteiger partial charge in [-0.15, -0.1) is 0 Å². The van der Waals surface area contributed by atoms with Gasteiger partial charge < -0.3 is 10.3 Å². The molecule has 2 N–H and O–H groups in total. The summed E-state index contributed by atoms with van der Waals surface area (Å²) in [6.45, 7) is 3.77. The summed E-state index contributed by atoms with van der Waals surface area (Å²) < 4.78 is 44.0. The minimum absolute atomic E-state index is 0.0394. The molecule has 0 spiro atoms. The van der Waals surface area contributed by atoms with E-state index in [4.69, 9.17) is 0 Å². The van der Waals surface area contributed by atoms with Crippen LogP contribution in [0.5, 0.6) is 0 Å². The fraction of sp³-hybridized carbons (Fsp3) is 0.278. The fourth-order valence-electron chi connectivity index (χ4n) is 2.41. The molecule has 0 saturated carbocycles. The Balaban J connectivity index is 1.77. The molecule has 148 valence electrons. The largest absolute Gasteiger partial charge is 0.433 e. The lowest BCUT2D eigenvalue weighted by atomic mass is 10.1. The number of alkyl halides is 3. The Bertz CT molecular complexity index is 964. The normalized spacial score (nSPS) is 11.6. The fourth-order valence-corrected chi connectivity index (χ4v) is 3.89. The van der Waals surface area contributed by atoms with E-state index in [-0.39, 0.29) is 5.16 Å². The number of rotatable bonds is 6. The van der Waals surface area contributed by atoms with Crippen LogP contribution in [0, 0.1) is 6.92 Å². The lowest BCUT2D eigenvalue weighted by molar-refractivity contribution is -0.141. The molecule has 1 aromatic carbocycles. The second-order valence-corrected chi connectivity index (χ2v) is 7.78. The number of aryl methyl sites for hydroxylation is 2. The molecule has 0 fully saturated rings. The van der Waals surface area contributed by atoms with Crippen LogP contribution in [0.4, 0.5) is 18.2 Å². The van der Waals surface area contributed by atoms with Crippen molar-refractivity contribution in [3.63, 3.8) is 0 Å². The van der Waals surface area contributed by atoms with Gasteiger partial charge >= 0.3 is 6.18 Å². The van der Waals surface area contributed by atoms with E-state index >= 15 is 0 Å². The zero-order valence-electron chi connectivity index (χ0n) is 15.1. The van der Waals surface area contributed by atoms with Crippen molar-refractivity contribution in [2.75, 3.05) is 5.32 Å². The first-order valence-electron chi connectivity index (χ1n) is 8.38. The summed E-state index contributed by atoms with van der Waals surface area (Å²) >= 11 is 2.11. The number of nitrogens with zero attached hydrogens (tertiary/aromatic N) is 2. The molecule has 3 aromatic rings. The van der Waals surface area contributed by atoms with E-state index in [1.54, 1.807) is 13.0 Å². The van der Waals surface area contributed by atoms with E-state index < -0.39 is 23.5 Å². The van der Waals surface area contributed by atoms with Gasteiger partial charge in [0, 0.05) is 5.75 Å². The number of aromatic nitrogens is 3. The molecule has 5 nitrogen and oxygen atoms in total. The van der Waals surface area contributed by atoms with Crippen molar-refractivity contribution in [2.24, 2.45) is 0 Å². The van der Waals surface area contributed by atoms with Gasteiger partial charge in [-0.05, 0) is 42.1 Å². The molecule has 0 aliphatic heterocycles. The maximum absolute atomic E-state index is 13.3. The molecular formula is C18H17F3N4OS2.